The number of fused-ring (bicyclic) bond motifs is 1. The average molecular weight is 369 g/mol. The Morgan fingerprint density at radius 3 is 1.94 bits per heavy atom. The maximum atomic E-state index is 11.9. The summed E-state index contributed by atoms with van der Waals surface area (Å²) in [4.78, 5) is 35.7. The number of nitrogens with zero attached hydrogens (tertiary/aromatic N) is 1. The number of amides is 2. The number of hydrogen-bond donors (Lipinski definition) is 1. The monoisotopic (exact) mass is 367 g/mol. The van der Waals surface area contributed by atoms with E-state index in [2.05, 4.69) is 31.9 Å². The summed E-state index contributed by atoms with van der Waals surface area (Å²) in [6.07, 6.45) is 1.14. The van der Waals surface area contributed by atoms with Crippen LogP contribution in [-0.2, 0) is 14.4 Å². The van der Waals surface area contributed by atoms with Crippen LogP contribution < -0.4 is 0 Å². The Labute approximate surface area is 115 Å². The molecule has 17 heavy (non-hydrogen) atoms. The molecule has 0 aromatic carbocycles. The number of hydrogen-bond acceptors (Lipinski definition) is 3. The lowest BCUT2D eigenvalue weighted by Gasteiger charge is -2.29. The number of halogens is 2. The fourth-order valence-electron chi connectivity index (χ4n) is 2.45. The van der Waals surface area contributed by atoms with E-state index in [1.54, 1.807) is 0 Å². The van der Waals surface area contributed by atoms with Gasteiger partial charge in [-0.15, -0.1) is 0 Å². The Bertz CT molecular complexity index is 359. The van der Waals surface area contributed by atoms with Crippen molar-refractivity contribution in [1.29, 1.82) is 0 Å². The number of imide groups is 1. The number of rotatable bonds is 2. The number of carbonyl (C=O) groups is 3. The minimum atomic E-state index is -1.16. The number of carboxylic acid groups (broad SMARTS) is 1. The molecule has 5 nitrogen and oxygen atoms in total. The molecule has 1 saturated carbocycles. The first-order chi connectivity index (χ1) is 7.91. The molecule has 1 aliphatic carbocycles. The minimum absolute atomic E-state index is 0.144. The lowest BCUT2D eigenvalue weighted by molar-refractivity contribution is -0.149. The number of carboxylic acids is 1. The molecule has 0 bridgehead atoms. The molecular formula is C10H11Br2NO4. The first-order valence-electron chi connectivity index (χ1n) is 5.27. The van der Waals surface area contributed by atoms with E-state index in [0.29, 0.717) is 12.8 Å². The predicted molar refractivity (Wildman–Crippen MR) is 66.0 cm³/mol. The molecule has 2 amide bonds. The van der Waals surface area contributed by atoms with Gasteiger partial charge in [0.05, 0.1) is 11.8 Å². The Balaban J connectivity index is 2.19. The van der Waals surface area contributed by atoms with Gasteiger partial charge in [0.1, 0.15) is 6.54 Å². The molecule has 1 saturated heterocycles. The van der Waals surface area contributed by atoms with Crippen LogP contribution in [-0.4, -0.2) is 44.0 Å². The Kier molecular flexibility index (Phi) is 3.58. The predicted octanol–water partition coefficient (Wildman–Crippen LogP) is 0.993. The van der Waals surface area contributed by atoms with Crippen molar-refractivity contribution in [2.24, 2.45) is 11.8 Å². The standard InChI is InChI=1S/C10H11Br2NO4/c11-6-1-4-5(2-7(6)12)10(17)13(9(4)16)3-8(14)15/h4-7H,1-3H2,(H,14,15)/t4-,5+,6-,7+. The zero-order chi connectivity index (χ0) is 12.7. The lowest BCUT2D eigenvalue weighted by atomic mass is 9.81. The molecule has 2 rings (SSSR count). The minimum Gasteiger partial charge on any atom is -0.480 e. The fourth-order valence-corrected chi connectivity index (χ4v) is 3.69. The summed E-state index contributed by atoms with van der Waals surface area (Å²) in [5, 5.41) is 8.68. The molecule has 1 aliphatic heterocycles. The molecule has 0 aromatic heterocycles. The summed E-state index contributed by atoms with van der Waals surface area (Å²) in [5.41, 5.74) is 0. The van der Waals surface area contributed by atoms with Gasteiger partial charge in [0, 0.05) is 9.65 Å². The van der Waals surface area contributed by atoms with Crippen LogP contribution in [0.5, 0.6) is 0 Å². The topological polar surface area (TPSA) is 74.7 Å². The molecule has 1 N–H and O–H groups in total. The highest BCUT2D eigenvalue weighted by atomic mass is 79.9. The van der Waals surface area contributed by atoms with Crippen LogP contribution in [0, 0.1) is 11.8 Å². The molecular weight excluding hydrogens is 358 g/mol. The second-order valence-electron chi connectivity index (χ2n) is 4.37. The van der Waals surface area contributed by atoms with Crippen molar-refractivity contribution in [3.63, 3.8) is 0 Å². The van der Waals surface area contributed by atoms with Gasteiger partial charge in [0.25, 0.3) is 0 Å². The average Bonchev–Trinajstić information content (AvgIpc) is 2.45. The first-order valence-corrected chi connectivity index (χ1v) is 7.10. The van der Waals surface area contributed by atoms with Gasteiger partial charge in [0.15, 0.2) is 0 Å². The summed E-state index contributed by atoms with van der Waals surface area (Å²) < 4.78 is 0. The highest BCUT2D eigenvalue weighted by Gasteiger charge is 2.52. The third kappa shape index (κ3) is 2.27. The van der Waals surface area contributed by atoms with E-state index in [0.717, 1.165) is 4.90 Å². The van der Waals surface area contributed by atoms with Gasteiger partial charge in [0.2, 0.25) is 11.8 Å². The number of alkyl halides is 2. The molecule has 2 fully saturated rings. The SMILES string of the molecule is O=C(O)CN1C(=O)[C@H]2C[C@H](Br)[C@H](Br)C[C@H]2C1=O. The van der Waals surface area contributed by atoms with Gasteiger partial charge in [-0.2, -0.15) is 0 Å². The van der Waals surface area contributed by atoms with Gasteiger partial charge in [-0.25, -0.2) is 0 Å². The number of aliphatic carboxylic acids is 1. The maximum Gasteiger partial charge on any atom is 0.323 e. The Morgan fingerprint density at radius 2 is 1.59 bits per heavy atom. The number of likely N-dealkylation sites (tertiary alicyclic amines) is 1. The summed E-state index contributed by atoms with van der Waals surface area (Å²) in [7, 11) is 0. The molecule has 0 unspecified atom stereocenters. The van der Waals surface area contributed by atoms with Crippen LogP contribution in [0.3, 0.4) is 0 Å². The van der Waals surface area contributed by atoms with E-state index in [-0.39, 0.29) is 33.3 Å². The van der Waals surface area contributed by atoms with Crippen molar-refractivity contribution in [2.75, 3.05) is 6.54 Å². The highest BCUT2D eigenvalue weighted by molar-refractivity contribution is 9.12. The molecule has 7 heteroatoms. The van der Waals surface area contributed by atoms with Gasteiger partial charge >= 0.3 is 5.97 Å². The third-order valence-electron chi connectivity index (χ3n) is 3.30. The summed E-state index contributed by atoms with van der Waals surface area (Å²) in [6.45, 7) is -0.523. The van der Waals surface area contributed by atoms with Crippen molar-refractivity contribution in [2.45, 2.75) is 22.5 Å². The normalized spacial score (nSPS) is 37.2. The number of carbonyl (C=O) groups excluding carboxylic acids is 2. The van der Waals surface area contributed by atoms with Crippen LogP contribution in [0.1, 0.15) is 12.8 Å². The van der Waals surface area contributed by atoms with Crippen LogP contribution in [0.4, 0.5) is 0 Å². The van der Waals surface area contributed by atoms with Crippen molar-refractivity contribution < 1.29 is 19.5 Å². The lowest BCUT2D eigenvalue weighted by Crippen LogP contribution is -2.35. The summed E-state index contributed by atoms with van der Waals surface area (Å²) in [5.74, 6) is -2.56. The maximum absolute atomic E-state index is 11.9. The van der Waals surface area contributed by atoms with Crippen molar-refractivity contribution in [3.8, 4) is 0 Å². The molecule has 94 valence electrons. The van der Waals surface area contributed by atoms with E-state index < -0.39 is 12.5 Å². The summed E-state index contributed by atoms with van der Waals surface area (Å²) in [6, 6.07) is 0. The van der Waals surface area contributed by atoms with E-state index in [9.17, 15) is 14.4 Å². The van der Waals surface area contributed by atoms with E-state index in [1.807, 2.05) is 0 Å². The van der Waals surface area contributed by atoms with Gasteiger partial charge < -0.3 is 5.11 Å². The first kappa shape index (κ1) is 13.0. The van der Waals surface area contributed by atoms with Gasteiger partial charge in [-0.3, -0.25) is 19.3 Å². The van der Waals surface area contributed by atoms with Crippen LogP contribution >= 0.6 is 31.9 Å². The van der Waals surface area contributed by atoms with E-state index in [4.69, 9.17) is 5.11 Å². The van der Waals surface area contributed by atoms with Gasteiger partial charge in [-0.1, -0.05) is 31.9 Å². The molecule has 4 atom stereocenters. The second-order valence-corrected chi connectivity index (χ2v) is 6.73. The van der Waals surface area contributed by atoms with Gasteiger partial charge in [-0.05, 0) is 12.8 Å². The van der Waals surface area contributed by atoms with Crippen LogP contribution in [0.25, 0.3) is 0 Å². The highest BCUT2D eigenvalue weighted by Crippen LogP contribution is 2.42. The van der Waals surface area contributed by atoms with E-state index >= 15 is 0 Å². The zero-order valence-electron chi connectivity index (χ0n) is 8.81. The summed E-state index contributed by atoms with van der Waals surface area (Å²) >= 11 is 6.93. The van der Waals surface area contributed by atoms with Crippen LogP contribution in [0.15, 0.2) is 0 Å². The van der Waals surface area contributed by atoms with Crippen molar-refractivity contribution >= 4 is 49.6 Å². The Hall–Kier alpha value is -0.430. The van der Waals surface area contributed by atoms with Crippen molar-refractivity contribution in [3.05, 3.63) is 0 Å². The largest absolute Gasteiger partial charge is 0.480 e. The molecule has 0 aromatic rings. The second kappa shape index (κ2) is 4.68. The fraction of sp³-hybridized carbons (Fsp3) is 0.700. The molecule has 0 spiro atoms. The Morgan fingerprint density at radius 1 is 1.18 bits per heavy atom. The quantitative estimate of drug-likeness (QED) is 0.582. The zero-order valence-corrected chi connectivity index (χ0v) is 12.0. The smallest absolute Gasteiger partial charge is 0.323 e. The van der Waals surface area contributed by atoms with Crippen LogP contribution in [0.2, 0.25) is 0 Å². The molecule has 0 radical (unpaired) electrons. The molecule has 1 heterocycles. The van der Waals surface area contributed by atoms with Crippen molar-refractivity contribution in [1.82, 2.24) is 4.90 Å². The molecule has 2 aliphatic rings. The van der Waals surface area contributed by atoms with E-state index in [1.165, 1.54) is 0 Å². The third-order valence-corrected chi connectivity index (χ3v) is 6.03.